The fourth-order valence-electron chi connectivity index (χ4n) is 2.77. The Balaban J connectivity index is 1.56. The molecule has 8 heteroatoms. The number of rotatable bonds is 1. The molecule has 0 atom stereocenters. The summed E-state index contributed by atoms with van der Waals surface area (Å²) < 4.78 is 5.68. The molecule has 0 aromatic carbocycles. The van der Waals surface area contributed by atoms with E-state index < -0.39 is 0 Å². The molecule has 0 bridgehead atoms. The molecule has 0 aliphatic carbocycles. The molecule has 0 spiro atoms. The standard InChI is InChI=1S/C16H21N5O2S/c1-12(22)20-6-8-21(9-7-20)16(24)19-18-13-4-10-23-15-3-2-5-17-14(15)11-13/h2-3,5H,4,6-11H2,1H3,(H,19,24)/b18-13-. The molecule has 128 valence electrons. The fourth-order valence-corrected chi connectivity index (χ4v) is 2.99. The summed E-state index contributed by atoms with van der Waals surface area (Å²) in [6.45, 7) is 5.02. The minimum atomic E-state index is 0.110. The van der Waals surface area contributed by atoms with Crippen LogP contribution in [0.5, 0.6) is 5.75 Å². The van der Waals surface area contributed by atoms with Gasteiger partial charge in [-0.05, 0) is 24.4 Å². The molecule has 2 aliphatic rings. The Kier molecular flexibility index (Phi) is 5.24. The largest absolute Gasteiger partial charge is 0.491 e. The lowest BCUT2D eigenvalue weighted by atomic mass is 10.1. The smallest absolute Gasteiger partial charge is 0.219 e. The first-order valence-electron chi connectivity index (χ1n) is 8.06. The Bertz CT molecular complexity index is 656. The molecule has 3 rings (SSSR count). The molecule has 1 amide bonds. The van der Waals surface area contributed by atoms with Crippen molar-refractivity contribution in [3.8, 4) is 5.75 Å². The number of fused-ring (bicyclic) bond motifs is 1. The van der Waals surface area contributed by atoms with Crippen LogP contribution in [0.1, 0.15) is 19.0 Å². The van der Waals surface area contributed by atoms with Crippen LogP contribution in [-0.4, -0.2) is 64.3 Å². The highest BCUT2D eigenvalue weighted by atomic mass is 32.1. The summed E-state index contributed by atoms with van der Waals surface area (Å²) in [7, 11) is 0. The molecule has 1 aromatic heterocycles. The Labute approximate surface area is 146 Å². The number of nitrogens with one attached hydrogen (secondary N) is 1. The average Bonchev–Trinajstić information content (AvgIpc) is 2.81. The van der Waals surface area contributed by atoms with Crippen LogP contribution in [0.3, 0.4) is 0 Å². The number of pyridine rings is 1. The Morgan fingerprint density at radius 3 is 2.83 bits per heavy atom. The minimum absolute atomic E-state index is 0.110. The third-order valence-electron chi connectivity index (χ3n) is 4.19. The summed E-state index contributed by atoms with van der Waals surface area (Å²) in [4.78, 5) is 19.6. The molecule has 1 aromatic rings. The Hall–Kier alpha value is -2.22. The van der Waals surface area contributed by atoms with Crippen molar-refractivity contribution in [2.45, 2.75) is 19.8 Å². The lowest BCUT2D eigenvalue weighted by Crippen LogP contribution is -2.52. The van der Waals surface area contributed by atoms with E-state index in [1.165, 1.54) is 0 Å². The topological polar surface area (TPSA) is 70.1 Å². The average molecular weight is 347 g/mol. The van der Waals surface area contributed by atoms with Gasteiger partial charge in [0.2, 0.25) is 5.91 Å². The highest BCUT2D eigenvalue weighted by molar-refractivity contribution is 7.80. The number of amides is 1. The number of ether oxygens (including phenoxy) is 1. The van der Waals surface area contributed by atoms with Crippen molar-refractivity contribution < 1.29 is 9.53 Å². The van der Waals surface area contributed by atoms with E-state index in [0.29, 0.717) is 31.2 Å². The van der Waals surface area contributed by atoms with Gasteiger partial charge in [-0.15, -0.1) is 0 Å². The van der Waals surface area contributed by atoms with Gasteiger partial charge >= 0.3 is 0 Å². The van der Waals surface area contributed by atoms with Crippen LogP contribution in [0.4, 0.5) is 0 Å². The van der Waals surface area contributed by atoms with E-state index in [0.717, 1.165) is 36.7 Å². The Morgan fingerprint density at radius 1 is 1.33 bits per heavy atom. The first-order valence-corrected chi connectivity index (χ1v) is 8.47. The molecule has 0 saturated carbocycles. The van der Waals surface area contributed by atoms with E-state index in [-0.39, 0.29) is 5.91 Å². The maximum Gasteiger partial charge on any atom is 0.219 e. The molecular formula is C16H21N5O2S. The maximum atomic E-state index is 11.4. The minimum Gasteiger partial charge on any atom is -0.491 e. The summed E-state index contributed by atoms with van der Waals surface area (Å²) >= 11 is 5.42. The van der Waals surface area contributed by atoms with Gasteiger partial charge in [-0.2, -0.15) is 5.10 Å². The Morgan fingerprint density at radius 2 is 2.08 bits per heavy atom. The summed E-state index contributed by atoms with van der Waals surface area (Å²) in [6, 6.07) is 3.80. The van der Waals surface area contributed by atoms with E-state index in [9.17, 15) is 4.79 Å². The van der Waals surface area contributed by atoms with Gasteiger partial charge in [-0.1, -0.05) is 0 Å². The van der Waals surface area contributed by atoms with E-state index in [4.69, 9.17) is 17.0 Å². The summed E-state index contributed by atoms with van der Waals surface area (Å²) in [5.41, 5.74) is 4.85. The zero-order chi connectivity index (χ0) is 16.9. The highest BCUT2D eigenvalue weighted by Crippen LogP contribution is 2.20. The summed E-state index contributed by atoms with van der Waals surface area (Å²) in [6.07, 6.45) is 3.16. The van der Waals surface area contributed by atoms with Gasteiger partial charge in [0.05, 0.1) is 12.3 Å². The molecule has 2 aliphatic heterocycles. The van der Waals surface area contributed by atoms with Gasteiger partial charge in [-0.25, -0.2) is 0 Å². The second kappa shape index (κ2) is 7.57. The first kappa shape index (κ1) is 16.6. The lowest BCUT2D eigenvalue weighted by molar-refractivity contribution is -0.130. The van der Waals surface area contributed by atoms with Crippen LogP contribution in [0, 0.1) is 0 Å². The zero-order valence-corrected chi connectivity index (χ0v) is 14.5. The third kappa shape index (κ3) is 4.00. The van der Waals surface area contributed by atoms with Crippen molar-refractivity contribution in [3.63, 3.8) is 0 Å². The number of aromatic nitrogens is 1. The predicted octanol–water partition coefficient (Wildman–Crippen LogP) is 0.801. The van der Waals surface area contributed by atoms with Crippen LogP contribution < -0.4 is 10.2 Å². The summed E-state index contributed by atoms with van der Waals surface area (Å²) in [5.74, 6) is 0.934. The monoisotopic (exact) mass is 347 g/mol. The van der Waals surface area contributed by atoms with E-state index >= 15 is 0 Å². The van der Waals surface area contributed by atoms with Gasteiger partial charge in [0.1, 0.15) is 5.75 Å². The molecule has 24 heavy (non-hydrogen) atoms. The number of hydrogen-bond donors (Lipinski definition) is 1. The van der Waals surface area contributed by atoms with Crippen LogP contribution in [0.15, 0.2) is 23.4 Å². The van der Waals surface area contributed by atoms with Gasteiger partial charge in [0, 0.05) is 57.9 Å². The van der Waals surface area contributed by atoms with Gasteiger partial charge in [0.15, 0.2) is 5.11 Å². The zero-order valence-electron chi connectivity index (χ0n) is 13.7. The molecule has 0 unspecified atom stereocenters. The van der Waals surface area contributed by atoms with Gasteiger partial charge < -0.3 is 14.5 Å². The van der Waals surface area contributed by atoms with E-state index in [1.807, 2.05) is 21.9 Å². The SMILES string of the molecule is CC(=O)N1CCN(C(=S)N/N=C2/CCOc3cccnc3C2)CC1. The van der Waals surface area contributed by atoms with Crippen LogP contribution in [-0.2, 0) is 11.2 Å². The van der Waals surface area contributed by atoms with Crippen molar-refractivity contribution in [2.75, 3.05) is 32.8 Å². The molecule has 1 N–H and O–H groups in total. The molecule has 0 radical (unpaired) electrons. The van der Waals surface area contributed by atoms with Crippen molar-refractivity contribution in [1.29, 1.82) is 0 Å². The van der Waals surface area contributed by atoms with Gasteiger partial charge in [-0.3, -0.25) is 15.2 Å². The maximum absolute atomic E-state index is 11.4. The van der Waals surface area contributed by atoms with Crippen LogP contribution in [0.2, 0.25) is 0 Å². The normalized spacial score (nSPS) is 19.3. The number of carbonyl (C=O) groups is 1. The number of hydrazone groups is 1. The number of thiocarbonyl (C=S) groups is 1. The number of nitrogens with zero attached hydrogens (tertiary/aromatic N) is 4. The van der Waals surface area contributed by atoms with Gasteiger partial charge in [0.25, 0.3) is 0 Å². The van der Waals surface area contributed by atoms with E-state index in [2.05, 4.69) is 15.5 Å². The molecule has 3 heterocycles. The number of hydrogen-bond acceptors (Lipinski definition) is 5. The lowest BCUT2D eigenvalue weighted by Gasteiger charge is -2.35. The predicted molar refractivity (Wildman–Crippen MR) is 95.0 cm³/mol. The van der Waals surface area contributed by atoms with Crippen molar-refractivity contribution in [2.24, 2.45) is 5.10 Å². The third-order valence-corrected chi connectivity index (χ3v) is 4.54. The quantitative estimate of drug-likeness (QED) is 0.599. The molecule has 1 saturated heterocycles. The molecular weight excluding hydrogens is 326 g/mol. The van der Waals surface area contributed by atoms with Crippen molar-refractivity contribution in [1.82, 2.24) is 20.2 Å². The van der Waals surface area contributed by atoms with Crippen molar-refractivity contribution >= 4 is 28.9 Å². The van der Waals surface area contributed by atoms with Crippen LogP contribution in [0.25, 0.3) is 0 Å². The fraction of sp³-hybridized carbons (Fsp3) is 0.500. The van der Waals surface area contributed by atoms with Crippen LogP contribution >= 0.6 is 12.2 Å². The molecule has 1 fully saturated rings. The second-order valence-electron chi connectivity index (χ2n) is 5.81. The highest BCUT2D eigenvalue weighted by Gasteiger charge is 2.20. The number of piperazine rings is 1. The van der Waals surface area contributed by atoms with E-state index in [1.54, 1.807) is 13.1 Å². The second-order valence-corrected chi connectivity index (χ2v) is 6.20. The number of carbonyl (C=O) groups excluding carboxylic acids is 1. The first-order chi connectivity index (χ1) is 11.6. The molecule has 7 nitrogen and oxygen atoms in total. The summed E-state index contributed by atoms with van der Waals surface area (Å²) in [5, 5.41) is 5.05. The van der Waals surface area contributed by atoms with Crippen molar-refractivity contribution in [3.05, 3.63) is 24.0 Å².